The zero-order valence-corrected chi connectivity index (χ0v) is 13.8. The fourth-order valence-electron chi connectivity index (χ4n) is 4.30. The lowest BCUT2D eigenvalue weighted by molar-refractivity contribution is -0.138. The Hall–Kier alpha value is -1.26. The van der Waals surface area contributed by atoms with Crippen molar-refractivity contribution >= 4 is 0 Å². The van der Waals surface area contributed by atoms with Crippen LogP contribution >= 0.6 is 0 Å². The molecule has 0 amide bonds. The van der Waals surface area contributed by atoms with Gasteiger partial charge in [-0.2, -0.15) is 0 Å². The molecule has 1 heterocycles. The van der Waals surface area contributed by atoms with Gasteiger partial charge in [-0.05, 0) is 54.9 Å². The number of phenolic OH excluding ortho intramolecular Hbond substituents is 1. The lowest BCUT2D eigenvalue weighted by Crippen LogP contribution is -2.58. The van der Waals surface area contributed by atoms with Crippen LogP contribution in [0.5, 0.6) is 11.5 Å². The van der Waals surface area contributed by atoms with E-state index >= 15 is 0 Å². The van der Waals surface area contributed by atoms with Gasteiger partial charge in [0.25, 0.3) is 0 Å². The molecular formula is C18H26O4. The van der Waals surface area contributed by atoms with E-state index in [2.05, 4.69) is 26.8 Å². The Balaban J connectivity index is 2.03. The molecule has 22 heavy (non-hydrogen) atoms. The van der Waals surface area contributed by atoms with Crippen LogP contribution < -0.4 is 4.74 Å². The van der Waals surface area contributed by atoms with Gasteiger partial charge in [0.05, 0.1) is 12.7 Å². The molecule has 4 heteroatoms. The standard InChI is InChI=1S/C18H26O4/c1-17(2)14-9-12-7-11(10-21-4)8-13(19)16(12)22-18(14,3)6-5-15(17)20/h7-8,14-15,19-20H,5-6,9-10H2,1-4H3/t14-,15-,18-/m1/s1. The summed E-state index contributed by atoms with van der Waals surface area (Å²) in [6.07, 6.45) is 2.03. The third-order valence-corrected chi connectivity index (χ3v) is 5.68. The average Bonchev–Trinajstić information content (AvgIpc) is 2.44. The van der Waals surface area contributed by atoms with E-state index in [4.69, 9.17) is 9.47 Å². The van der Waals surface area contributed by atoms with Gasteiger partial charge >= 0.3 is 0 Å². The van der Waals surface area contributed by atoms with E-state index in [-0.39, 0.29) is 28.8 Å². The Labute approximate surface area is 132 Å². The van der Waals surface area contributed by atoms with Crippen molar-refractivity contribution in [3.8, 4) is 11.5 Å². The Morgan fingerprint density at radius 1 is 1.32 bits per heavy atom. The first-order chi connectivity index (χ1) is 10.3. The average molecular weight is 306 g/mol. The minimum absolute atomic E-state index is 0.188. The monoisotopic (exact) mass is 306 g/mol. The van der Waals surface area contributed by atoms with Crippen molar-refractivity contribution in [2.45, 2.75) is 58.3 Å². The molecule has 0 unspecified atom stereocenters. The molecule has 2 aliphatic rings. The number of hydrogen-bond acceptors (Lipinski definition) is 4. The first-order valence-electron chi connectivity index (χ1n) is 7.98. The molecule has 1 fully saturated rings. The summed E-state index contributed by atoms with van der Waals surface area (Å²) in [5, 5.41) is 20.7. The van der Waals surface area contributed by atoms with Gasteiger partial charge in [-0.3, -0.25) is 0 Å². The maximum absolute atomic E-state index is 10.4. The summed E-state index contributed by atoms with van der Waals surface area (Å²) >= 11 is 0. The van der Waals surface area contributed by atoms with E-state index < -0.39 is 0 Å². The molecular weight excluding hydrogens is 280 g/mol. The minimum Gasteiger partial charge on any atom is -0.504 e. The van der Waals surface area contributed by atoms with Crippen LogP contribution in [-0.2, 0) is 17.8 Å². The number of methoxy groups -OCH3 is 1. The van der Waals surface area contributed by atoms with Crippen LogP contribution in [-0.4, -0.2) is 29.0 Å². The van der Waals surface area contributed by atoms with Gasteiger partial charge in [-0.25, -0.2) is 0 Å². The SMILES string of the molecule is COCc1cc(O)c2c(c1)C[C@@H]1C(C)(C)[C@H](O)CC[C@@]1(C)O2. The second-order valence-corrected chi connectivity index (χ2v) is 7.58. The van der Waals surface area contributed by atoms with Crippen LogP contribution in [0.1, 0.15) is 44.7 Å². The lowest BCUT2D eigenvalue weighted by Gasteiger charge is -2.55. The van der Waals surface area contributed by atoms with Crippen LogP contribution in [0.15, 0.2) is 12.1 Å². The Morgan fingerprint density at radius 2 is 2.05 bits per heavy atom. The summed E-state index contributed by atoms with van der Waals surface area (Å²) in [5.74, 6) is 1.01. The van der Waals surface area contributed by atoms with Crippen molar-refractivity contribution in [2.24, 2.45) is 11.3 Å². The van der Waals surface area contributed by atoms with Crippen LogP contribution in [0.4, 0.5) is 0 Å². The van der Waals surface area contributed by atoms with Gasteiger partial charge in [-0.1, -0.05) is 13.8 Å². The largest absolute Gasteiger partial charge is 0.504 e. The Bertz CT molecular complexity index is 581. The number of ether oxygens (including phenoxy) is 2. The Kier molecular flexibility index (Phi) is 3.65. The smallest absolute Gasteiger partial charge is 0.164 e. The summed E-state index contributed by atoms with van der Waals surface area (Å²) in [7, 11) is 1.64. The second-order valence-electron chi connectivity index (χ2n) is 7.58. The van der Waals surface area contributed by atoms with Crippen molar-refractivity contribution in [1.82, 2.24) is 0 Å². The molecule has 0 aromatic heterocycles. The number of aromatic hydroxyl groups is 1. The van der Waals surface area contributed by atoms with Gasteiger partial charge in [0, 0.05) is 13.0 Å². The summed E-state index contributed by atoms with van der Waals surface area (Å²) in [6.45, 7) is 6.81. The number of fused-ring (bicyclic) bond motifs is 2. The van der Waals surface area contributed by atoms with Gasteiger partial charge in [0.1, 0.15) is 5.60 Å². The first kappa shape index (κ1) is 15.6. The van der Waals surface area contributed by atoms with Crippen molar-refractivity contribution < 1.29 is 19.7 Å². The molecule has 4 nitrogen and oxygen atoms in total. The van der Waals surface area contributed by atoms with Crippen LogP contribution in [0.25, 0.3) is 0 Å². The van der Waals surface area contributed by atoms with Crippen molar-refractivity contribution in [3.63, 3.8) is 0 Å². The van der Waals surface area contributed by atoms with Crippen LogP contribution in [0, 0.1) is 11.3 Å². The van der Waals surface area contributed by atoms with Crippen molar-refractivity contribution in [1.29, 1.82) is 0 Å². The molecule has 0 radical (unpaired) electrons. The highest BCUT2D eigenvalue weighted by atomic mass is 16.5. The van der Waals surface area contributed by atoms with Gasteiger partial charge in [-0.15, -0.1) is 0 Å². The molecule has 3 atom stereocenters. The van der Waals surface area contributed by atoms with Crippen molar-refractivity contribution in [2.75, 3.05) is 7.11 Å². The molecule has 0 saturated heterocycles. The van der Waals surface area contributed by atoms with Crippen LogP contribution in [0.3, 0.4) is 0 Å². The van der Waals surface area contributed by atoms with E-state index in [1.165, 1.54) is 0 Å². The summed E-state index contributed by atoms with van der Waals surface area (Å²) in [4.78, 5) is 0. The van der Waals surface area contributed by atoms with Gasteiger partial charge in [0.15, 0.2) is 11.5 Å². The van der Waals surface area contributed by atoms with E-state index in [1.54, 1.807) is 13.2 Å². The maximum Gasteiger partial charge on any atom is 0.164 e. The quantitative estimate of drug-likeness (QED) is 0.882. The predicted molar refractivity (Wildman–Crippen MR) is 84.1 cm³/mol. The molecule has 1 saturated carbocycles. The molecule has 1 aromatic carbocycles. The third-order valence-electron chi connectivity index (χ3n) is 5.68. The first-order valence-corrected chi connectivity index (χ1v) is 7.98. The molecule has 1 aliphatic heterocycles. The maximum atomic E-state index is 10.4. The summed E-state index contributed by atoms with van der Waals surface area (Å²) in [6, 6.07) is 3.77. The molecule has 2 N–H and O–H groups in total. The van der Waals surface area contributed by atoms with E-state index in [0.29, 0.717) is 12.4 Å². The number of hydrogen-bond donors (Lipinski definition) is 2. The third kappa shape index (κ3) is 2.29. The number of phenols is 1. The fraction of sp³-hybridized carbons (Fsp3) is 0.667. The van der Waals surface area contributed by atoms with Gasteiger partial charge < -0.3 is 19.7 Å². The molecule has 0 spiro atoms. The van der Waals surface area contributed by atoms with E-state index in [9.17, 15) is 10.2 Å². The fourth-order valence-corrected chi connectivity index (χ4v) is 4.30. The number of aliphatic hydroxyl groups is 1. The number of benzene rings is 1. The zero-order chi connectivity index (χ0) is 16.1. The van der Waals surface area contributed by atoms with Gasteiger partial charge in [0.2, 0.25) is 0 Å². The molecule has 122 valence electrons. The number of rotatable bonds is 2. The number of aliphatic hydroxyl groups excluding tert-OH is 1. The summed E-state index contributed by atoms with van der Waals surface area (Å²) in [5.41, 5.74) is 1.41. The predicted octanol–water partition coefficient (Wildman–Crippen LogP) is 3.03. The highest BCUT2D eigenvalue weighted by Crippen LogP contribution is 2.54. The lowest BCUT2D eigenvalue weighted by atomic mass is 9.57. The topological polar surface area (TPSA) is 58.9 Å². The minimum atomic E-state index is -0.337. The highest BCUT2D eigenvalue weighted by molar-refractivity contribution is 5.51. The second kappa shape index (κ2) is 5.14. The molecule has 3 rings (SSSR count). The molecule has 1 aromatic rings. The molecule has 0 bridgehead atoms. The van der Waals surface area contributed by atoms with Crippen LogP contribution in [0.2, 0.25) is 0 Å². The van der Waals surface area contributed by atoms with Crippen molar-refractivity contribution in [3.05, 3.63) is 23.3 Å². The molecule has 1 aliphatic carbocycles. The highest BCUT2D eigenvalue weighted by Gasteiger charge is 2.54. The zero-order valence-electron chi connectivity index (χ0n) is 13.8. The summed E-state index contributed by atoms with van der Waals surface area (Å²) < 4.78 is 11.4. The Morgan fingerprint density at radius 3 is 2.73 bits per heavy atom. The van der Waals surface area contributed by atoms with E-state index in [0.717, 1.165) is 30.4 Å². The normalized spacial score (nSPS) is 32.8. The van der Waals surface area contributed by atoms with E-state index in [1.807, 2.05) is 0 Å².